The largest absolute Gasteiger partial charge is 0.491 e. The van der Waals surface area contributed by atoms with Crippen LogP contribution >= 0.6 is 11.3 Å². The molecule has 0 bridgehead atoms. The molecular weight excluding hydrogens is 372 g/mol. The first kappa shape index (κ1) is 22.2. The standard InChI is InChI=1S/C21H32N4O2S/c1-5-20-25-17(14-28-20)11-12-23-21(22-6-2)24-13-19(26)16-7-9-18(10-8-16)27-15(3)4/h7-10,14-15,19,26H,5-6,11-13H2,1-4H3,(H2,22,23,24). The van der Waals surface area contributed by atoms with Gasteiger partial charge in [0.25, 0.3) is 0 Å². The molecule has 1 unspecified atom stereocenters. The molecule has 2 aromatic rings. The number of aromatic nitrogens is 1. The second kappa shape index (κ2) is 11.7. The Kier molecular flexibility index (Phi) is 9.23. The van der Waals surface area contributed by atoms with E-state index in [9.17, 15) is 5.11 Å². The monoisotopic (exact) mass is 404 g/mol. The van der Waals surface area contributed by atoms with Crippen LogP contribution in [-0.4, -0.2) is 41.8 Å². The molecule has 7 heteroatoms. The van der Waals surface area contributed by atoms with E-state index in [4.69, 9.17) is 4.74 Å². The molecule has 6 nitrogen and oxygen atoms in total. The van der Waals surface area contributed by atoms with Crippen LogP contribution in [0.1, 0.15) is 50.1 Å². The smallest absolute Gasteiger partial charge is 0.191 e. The first-order chi connectivity index (χ1) is 13.5. The topological polar surface area (TPSA) is 78.8 Å². The van der Waals surface area contributed by atoms with Crippen LogP contribution in [0.4, 0.5) is 0 Å². The number of aliphatic hydroxyl groups is 1. The summed E-state index contributed by atoms with van der Waals surface area (Å²) in [6, 6.07) is 7.52. The molecule has 0 aliphatic rings. The molecule has 1 aromatic carbocycles. The summed E-state index contributed by atoms with van der Waals surface area (Å²) >= 11 is 1.71. The summed E-state index contributed by atoms with van der Waals surface area (Å²) in [5.41, 5.74) is 1.93. The molecule has 0 aliphatic carbocycles. The number of nitrogens with zero attached hydrogens (tertiary/aromatic N) is 2. The molecule has 0 fully saturated rings. The van der Waals surface area contributed by atoms with Gasteiger partial charge < -0.3 is 20.5 Å². The second-order valence-corrected chi connectivity index (χ2v) is 7.68. The molecule has 0 saturated heterocycles. The number of aliphatic hydroxyl groups excluding tert-OH is 1. The average molecular weight is 405 g/mol. The van der Waals surface area contributed by atoms with Crippen molar-refractivity contribution in [3.8, 4) is 5.75 Å². The van der Waals surface area contributed by atoms with Gasteiger partial charge in [0.2, 0.25) is 0 Å². The van der Waals surface area contributed by atoms with Crippen LogP contribution in [-0.2, 0) is 12.8 Å². The van der Waals surface area contributed by atoms with Gasteiger partial charge in [-0.25, -0.2) is 4.98 Å². The van der Waals surface area contributed by atoms with Crippen LogP contribution in [0.25, 0.3) is 0 Å². The number of ether oxygens (including phenoxy) is 1. The van der Waals surface area contributed by atoms with Gasteiger partial charge in [0, 0.05) is 24.9 Å². The van der Waals surface area contributed by atoms with E-state index in [1.165, 1.54) is 5.01 Å². The molecule has 3 N–H and O–H groups in total. The highest BCUT2D eigenvalue weighted by molar-refractivity contribution is 7.09. The van der Waals surface area contributed by atoms with Gasteiger partial charge in [0.1, 0.15) is 5.75 Å². The molecule has 0 saturated carbocycles. The molecule has 154 valence electrons. The van der Waals surface area contributed by atoms with Gasteiger partial charge >= 0.3 is 0 Å². The Morgan fingerprint density at radius 2 is 1.96 bits per heavy atom. The van der Waals surface area contributed by atoms with Crippen LogP contribution in [0.5, 0.6) is 5.75 Å². The molecule has 1 aromatic heterocycles. The van der Waals surface area contributed by atoms with Crippen molar-refractivity contribution in [1.29, 1.82) is 0 Å². The summed E-state index contributed by atoms with van der Waals surface area (Å²) in [6.45, 7) is 9.92. The van der Waals surface area contributed by atoms with Crippen molar-refractivity contribution < 1.29 is 9.84 Å². The zero-order valence-electron chi connectivity index (χ0n) is 17.2. The zero-order chi connectivity index (χ0) is 20.4. The molecule has 0 radical (unpaired) electrons. The minimum absolute atomic E-state index is 0.131. The number of rotatable bonds is 10. The maximum atomic E-state index is 10.4. The maximum absolute atomic E-state index is 10.4. The van der Waals surface area contributed by atoms with Gasteiger partial charge in [-0.3, -0.25) is 4.99 Å². The summed E-state index contributed by atoms with van der Waals surface area (Å²) in [5, 5.41) is 20.2. The van der Waals surface area contributed by atoms with Crippen LogP contribution in [0.2, 0.25) is 0 Å². The van der Waals surface area contributed by atoms with E-state index in [1.807, 2.05) is 45.0 Å². The number of nitrogens with one attached hydrogen (secondary N) is 2. The van der Waals surface area contributed by atoms with E-state index in [0.29, 0.717) is 5.96 Å². The number of aryl methyl sites for hydroxylation is 1. The number of guanidine groups is 1. The Labute approximate surface area is 172 Å². The first-order valence-electron chi connectivity index (χ1n) is 9.91. The normalized spacial score (nSPS) is 12.9. The van der Waals surface area contributed by atoms with Crippen molar-refractivity contribution >= 4 is 17.3 Å². The Morgan fingerprint density at radius 3 is 2.57 bits per heavy atom. The van der Waals surface area contributed by atoms with Crippen LogP contribution in [0, 0.1) is 0 Å². The molecule has 0 amide bonds. The third-order valence-corrected chi connectivity index (χ3v) is 5.02. The van der Waals surface area contributed by atoms with Crippen molar-refractivity contribution in [3.63, 3.8) is 0 Å². The fourth-order valence-electron chi connectivity index (χ4n) is 2.60. The zero-order valence-corrected chi connectivity index (χ0v) is 18.1. The van der Waals surface area contributed by atoms with Gasteiger partial charge in [-0.15, -0.1) is 11.3 Å². The van der Waals surface area contributed by atoms with Gasteiger partial charge in [-0.05, 0) is 44.9 Å². The highest BCUT2D eigenvalue weighted by atomic mass is 32.1. The first-order valence-corrected chi connectivity index (χ1v) is 10.8. The second-order valence-electron chi connectivity index (χ2n) is 6.73. The van der Waals surface area contributed by atoms with Gasteiger partial charge in [-0.2, -0.15) is 0 Å². The third-order valence-electron chi connectivity index (χ3n) is 3.98. The molecular formula is C21H32N4O2S. The van der Waals surface area contributed by atoms with Crippen molar-refractivity contribution in [2.45, 2.75) is 52.7 Å². The highest BCUT2D eigenvalue weighted by Crippen LogP contribution is 2.19. The van der Waals surface area contributed by atoms with Gasteiger partial charge in [0.15, 0.2) is 5.96 Å². The van der Waals surface area contributed by atoms with Crippen LogP contribution in [0.15, 0.2) is 34.6 Å². The SMILES string of the molecule is CCNC(=NCC(O)c1ccc(OC(C)C)cc1)NCCc1csc(CC)n1. The lowest BCUT2D eigenvalue weighted by molar-refractivity contribution is 0.186. The van der Waals surface area contributed by atoms with E-state index in [-0.39, 0.29) is 12.6 Å². The minimum Gasteiger partial charge on any atom is -0.491 e. The Bertz CT molecular complexity index is 728. The minimum atomic E-state index is -0.658. The molecule has 1 heterocycles. The lowest BCUT2D eigenvalue weighted by atomic mass is 10.1. The average Bonchev–Trinajstić information content (AvgIpc) is 3.14. The Balaban J connectivity index is 1.86. The van der Waals surface area contributed by atoms with Gasteiger partial charge in [-0.1, -0.05) is 19.1 Å². The Morgan fingerprint density at radius 1 is 1.21 bits per heavy atom. The summed E-state index contributed by atoms with van der Waals surface area (Å²) < 4.78 is 5.63. The molecule has 0 spiro atoms. The van der Waals surface area contributed by atoms with Crippen molar-refractivity contribution in [2.75, 3.05) is 19.6 Å². The fourth-order valence-corrected chi connectivity index (χ4v) is 3.38. The number of thiazole rings is 1. The summed E-state index contributed by atoms with van der Waals surface area (Å²) in [7, 11) is 0. The lowest BCUT2D eigenvalue weighted by Crippen LogP contribution is -2.38. The van der Waals surface area contributed by atoms with Crippen molar-refractivity contribution in [2.24, 2.45) is 4.99 Å². The predicted octanol–water partition coefficient (Wildman–Crippen LogP) is 3.32. The van der Waals surface area contributed by atoms with Crippen molar-refractivity contribution in [3.05, 3.63) is 45.9 Å². The quantitative estimate of drug-likeness (QED) is 0.418. The molecule has 0 aliphatic heterocycles. The third kappa shape index (κ3) is 7.48. The Hall–Kier alpha value is -2.12. The maximum Gasteiger partial charge on any atom is 0.191 e. The molecule has 1 atom stereocenters. The number of aliphatic imine (C=N–C) groups is 1. The number of benzene rings is 1. The van der Waals surface area contributed by atoms with E-state index in [2.05, 4.69) is 32.9 Å². The van der Waals surface area contributed by atoms with E-state index in [0.717, 1.165) is 42.9 Å². The lowest BCUT2D eigenvalue weighted by Gasteiger charge is -2.14. The molecule has 2 rings (SSSR count). The summed E-state index contributed by atoms with van der Waals surface area (Å²) in [5.74, 6) is 1.50. The van der Waals surface area contributed by atoms with E-state index < -0.39 is 6.10 Å². The predicted molar refractivity (Wildman–Crippen MR) is 116 cm³/mol. The van der Waals surface area contributed by atoms with Gasteiger partial charge in [0.05, 0.1) is 29.5 Å². The van der Waals surface area contributed by atoms with Crippen LogP contribution in [0.3, 0.4) is 0 Å². The van der Waals surface area contributed by atoms with Crippen LogP contribution < -0.4 is 15.4 Å². The summed E-state index contributed by atoms with van der Waals surface area (Å²) in [4.78, 5) is 9.09. The number of hydrogen-bond donors (Lipinski definition) is 3. The van der Waals surface area contributed by atoms with E-state index in [1.54, 1.807) is 11.3 Å². The molecule has 28 heavy (non-hydrogen) atoms. The van der Waals surface area contributed by atoms with E-state index >= 15 is 0 Å². The number of hydrogen-bond acceptors (Lipinski definition) is 5. The van der Waals surface area contributed by atoms with Crippen molar-refractivity contribution in [1.82, 2.24) is 15.6 Å². The highest BCUT2D eigenvalue weighted by Gasteiger charge is 2.09. The summed E-state index contributed by atoms with van der Waals surface area (Å²) in [6.07, 6.45) is 1.30. The fraction of sp³-hybridized carbons (Fsp3) is 0.524.